The highest BCUT2D eigenvalue weighted by Gasteiger charge is 2.28. The van der Waals surface area contributed by atoms with Gasteiger partial charge in [-0.05, 0) is 32.2 Å². The number of rotatable bonds is 5. The molecule has 1 aromatic rings. The molecule has 21 heavy (non-hydrogen) atoms. The Morgan fingerprint density at radius 3 is 2.62 bits per heavy atom. The smallest absolute Gasteiger partial charge is 0.123 e. The Bertz CT molecular complexity index is 467. The highest BCUT2D eigenvalue weighted by Crippen LogP contribution is 2.33. The zero-order valence-electron chi connectivity index (χ0n) is 13.5. The minimum atomic E-state index is 0.159. The number of benzene rings is 1. The monoisotopic (exact) mass is 293 g/mol. The Hall–Kier alpha value is -1.30. The van der Waals surface area contributed by atoms with Gasteiger partial charge in [-0.2, -0.15) is 0 Å². The van der Waals surface area contributed by atoms with Crippen molar-refractivity contribution in [1.29, 1.82) is 0 Å². The molecular formula is C16H27N3O2. The third kappa shape index (κ3) is 3.48. The third-order valence-electron chi connectivity index (χ3n) is 4.45. The zero-order chi connectivity index (χ0) is 15.4. The lowest BCUT2D eigenvalue weighted by Gasteiger charge is -2.41. The third-order valence-corrected chi connectivity index (χ3v) is 4.45. The lowest BCUT2D eigenvalue weighted by molar-refractivity contribution is 0.0732. The molecule has 0 aromatic heterocycles. The van der Waals surface area contributed by atoms with E-state index >= 15 is 0 Å². The zero-order valence-corrected chi connectivity index (χ0v) is 13.5. The van der Waals surface area contributed by atoms with Gasteiger partial charge < -0.3 is 20.1 Å². The van der Waals surface area contributed by atoms with Gasteiger partial charge in [-0.15, -0.1) is 0 Å². The summed E-state index contributed by atoms with van der Waals surface area (Å²) in [5, 5.41) is 0. The van der Waals surface area contributed by atoms with E-state index in [4.69, 9.17) is 15.2 Å². The van der Waals surface area contributed by atoms with Crippen LogP contribution in [-0.2, 0) is 0 Å². The van der Waals surface area contributed by atoms with E-state index in [-0.39, 0.29) is 6.04 Å². The van der Waals surface area contributed by atoms with Gasteiger partial charge in [0, 0.05) is 37.8 Å². The second-order valence-electron chi connectivity index (χ2n) is 5.68. The molecule has 1 aliphatic heterocycles. The van der Waals surface area contributed by atoms with Gasteiger partial charge in [-0.3, -0.25) is 4.90 Å². The second kappa shape index (κ2) is 7.11. The van der Waals surface area contributed by atoms with Gasteiger partial charge in [0.1, 0.15) is 11.5 Å². The second-order valence-corrected chi connectivity index (χ2v) is 5.68. The van der Waals surface area contributed by atoms with Crippen LogP contribution >= 0.6 is 0 Å². The lowest BCUT2D eigenvalue weighted by Crippen LogP contribution is -2.52. The van der Waals surface area contributed by atoms with Crippen molar-refractivity contribution in [1.82, 2.24) is 9.80 Å². The molecule has 2 unspecified atom stereocenters. The molecule has 0 bridgehead atoms. The van der Waals surface area contributed by atoms with E-state index in [1.807, 2.05) is 18.2 Å². The molecule has 1 heterocycles. The Morgan fingerprint density at radius 2 is 2.05 bits per heavy atom. The normalized spacial score (nSPS) is 22.0. The molecule has 118 valence electrons. The van der Waals surface area contributed by atoms with E-state index in [0.717, 1.165) is 36.7 Å². The lowest BCUT2D eigenvalue weighted by atomic mass is 10.0. The predicted octanol–water partition coefficient (Wildman–Crippen LogP) is 1.34. The first-order valence-electron chi connectivity index (χ1n) is 7.47. The van der Waals surface area contributed by atoms with Crippen LogP contribution in [0.5, 0.6) is 11.5 Å². The van der Waals surface area contributed by atoms with Crippen LogP contribution in [0.4, 0.5) is 0 Å². The summed E-state index contributed by atoms with van der Waals surface area (Å²) in [4.78, 5) is 4.83. The van der Waals surface area contributed by atoms with Crippen molar-refractivity contribution in [2.75, 3.05) is 47.4 Å². The van der Waals surface area contributed by atoms with Gasteiger partial charge in [0.05, 0.1) is 20.3 Å². The Labute approximate surface area is 127 Å². The van der Waals surface area contributed by atoms with E-state index in [0.29, 0.717) is 12.6 Å². The van der Waals surface area contributed by atoms with Crippen molar-refractivity contribution in [3.63, 3.8) is 0 Å². The maximum absolute atomic E-state index is 6.08. The van der Waals surface area contributed by atoms with E-state index in [1.165, 1.54) is 0 Å². The molecule has 2 atom stereocenters. The SMILES string of the molecule is COc1ccc(OC)c(C(CN)N2CCN(C)C(C)C2)c1. The molecule has 0 radical (unpaired) electrons. The number of methoxy groups -OCH3 is 2. The standard InChI is InChI=1S/C16H27N3O2/c1-12-11-19(8-7-18(12)2)15(10-17)14-9-13(20-3)5-6-16(14)21-4/h5-6,9,12,15H,7-8,10-11,17H2,1-4H3. The van der Waals surface area contributed by atoms with Gasteiger partial charge in [0.2, 0.25) is 0 Å². The van der Waals surface area contributed by atoms with Crippen molar-refractivity contribution in [3.8, 4) is 11.5 Å². The summed E-state index contributed by atoms with van der Waals surface area (Å²) in [6, 6.07) is 6.61. The fraction of sp³-hybridized carbons (Fsp3) is 0.625. The number of likely N-dealkylation sites (N-methyl/N-ethyl adjacent to an activating group) is 1. The van der Waals surface area contributed by atoms with Gasteiger partial charge in [-0.25, -0.2) is 0 Å². The van der Waals surface area contributed by atoms with Crippen LogP contribution in [0.3, 0.4) is 0 Å². The van der Waals surface area contributed by atoms with Crippen LogP contribution in [0.15, 0.2) is 18.2 Å². The summed E-state index contributed by atoms with van der Waals surface area (Å²) in [5.74, 6) is 1.71. The molecule has 0 aliphatic carbocycles. The average molecular weight is 293 g/mol. The molecule has 0 amide bonds. The number of nitrogens with zero attached hydrogens (tertiary/aromatic N) is 2. The Balaban J connectivity index is 2.28. The summed E-state index contributed by atoms with van der Waals surface area (Å²) < 4.78 is 10.9. The molecule has 5 nitrogen and oxygen atoms in total. The molecule has 0 saturated carbocycles. The van der Waals surface area contributed by atoms with Gasteiger partial charge in [0.25, 0.3) is 0 Å². The number of hydrogen-bond acceptors (Lipinski definition) is 5. The molecule has 1 aromatic carbocycles. The van der Waals surface area contributed by atoms with E-state index < -0.39 is 0 Å². The van der Waals surface area contributed by atoms with Gasteiger partial charge in [-0.1, -0.05) is 0 Å². The van der Waals surface area contributed by atoms with Crippen LogP contribution in [-0.4, -0.2) is 63.3 Å². The molecule has 2 N–H and O–H groups in total. The molecule has 1 saturated heterocycles. The molecule has 1 fully saturated rings. The van der Waals surface area contributed by atoms with Gasteiger partial charge in [0.15, 0.2) is 0 Å². The fourth-order valence-corrected chi connectivity index (χ4v) is 2.93. The van der Waals surface area contributed by atoms with Crippen LogP contribution in [0.25, 0.3) is 0 Å². The number of hydrogen-bond donors (Lipinski definition) is 1. The predicted molar refractivity (Wildman–Crippen MR) is 85.0 cm³/mol. The number of ether oxygens (including phenoxy) is 2. The molecular weight excluding hydrogens is 266 g/mol. The minimum absolute atomic E-state index is 0.159. The van der Waals surface area contributed by atoms with E-state index in [9.17, 15) is 0 Å². The molecule has 1 aliphatic rings. The Morgan fingerprint density at radius 1 is 1.29 bits per heavy atom. The van der Waals surface area contributed by atoms with Crippen LogP contribution in [0, 0.1) is 0 Å². The first kappa shape index (κ1) is 16.1. The maximum atomic E-state index is 6.08. The van der Waals surface area contributed by atoms with Crippen LogP contribution in [0.1, 0.15) is 18.5 Å². The van der Waals surface area contributed by atoms with Gasteiger partial charge >= 0.3 is 0 Å². The average Bonchev–Trinajstić information content (AvgIpc) is 2.51. The van der Waals surface area contributed by atoms with Crippen molar-refractivity contribution in [3.05, 3.63) is 23.8 Å². The minimum Gasteiger partial charge on any atom is -0.497 e. The summed E-state index contributed by atoms with van der Waals surface area (Å²) in [6.45, 7) is 5.91. The maximum Gasteiger partial charge on any atom is 0.123 e. The number of piperazine rings is 1. The highest BCUT2D eigenvalue weighted by molar-refractivity contribution is 5.42. The summed E-state index contributed by atoms with van der Waals surface area (Å²) >= 11 is 0. The number of nitrogens with two attached hydrogens (primary N) is 1. The largest absolute Gasteiger partial charge is 0.497 e. The quantitative estimate of drug-likeness (QED) is 0.888. The first-order chi connectivity index (χ1) is 10.1. The summed E-state index contributed by atoms with van der Waals surface area (Å²) in [6.07, 6.45) is 0. The Kier molecular flexibility index (Phi) is 5.45. The van der Waals surface area contributed by atoms with Crippen LogP contribution < -0.4 is 15.2 Å². The topological polar surface area (TPSA) is 51.0 Å². The van der Waals surface area contributed by atoms with E-state index in [2.05, 4.69) is 23.8 Å². The fourth-order valence-electron chi connectivity index (χ4n) is 2.93. The molecule has 0 spiro atoms. The van der Waals surface area contributed by atoms with Crippen molar-refractivity contribution >= 4 is 0 Å². The molecule has 2 rings (SSSR count). The van der Waals surface area contributed by atoms with Crippen molar-refractivity contribution in [2.24, 2.45) is 5.73 Å². The molecule has 5 heteroatoms. The first-order valence-corrected chi connectivity index (χ1v) is 7.47. The summed E-state index contributed by atoms with van der Waals surface area (Å²) in [7, 11) is 5.55. The highest BCUT2D eigenvalue weighted by atomic mass is 16.5. The van der Waals surface area contributed by atoms with Crippen LogP contribution in [0.2, 0.25) is 0 Å². The van der Waals surface area contributed by atoms with Crippen molar-refractivity contribution < 1.29 is 9.47 Å². The van der Waals surface area contributed by atoms with Crippen molar-refractivity contribution in [2.45, 2.75) is 19.0 Å². The van der Waals surface area contributed by atoms with E-state index in [1.54, 1.807) is 14.2 Å². The summed E-state index contributed by atoms with van der Waals surface area (Å²) in [5.41, 5.74) is 7.19.